The second-order valence-corrected chi connectivity index (χ2v) is 6.76. The number of aromatic nitrogens is 2. The Labute approximate surface area is 130 Å². The lowest BCUT2D eigenvalue weighted by molar-refractivity contribution is 0.396. The molecule has 2 heterocycles. The zero-order valence-corrected chi connectivity index (χ0v) is 13.6. The van der Waals surface area contributed by atoms with Crippen molar-refractivity contribution in [2.45, 2.75) is 58.4 Å². The highest BCUT2D eigenvalue weighted by atomic mass is 32.1. The Kier molecular flexibility index (Phi) is 4.70. The molecule has 21 heavy (non-hydrogen) atoms. The Morgan fingerprint density at radius 1 is 1.29 bits per heavy atom. The molecule has 114 valence electrons. The van der Waals surface area contributed by atoms with Crippen LogP contribution in [-0.2, 0) is 12.8 Å². The molecule has 0 aromatic carbocycles. The predicted octanol–water partition coefficient (Wildman–Crippen LogP) is 4.13. The minimum atomic E-state index is 0.167. The molecule has 2 aromatic heterocycles. The summed E-state index contributed by atoms with van der Waals surface area (Å²) in [5.41, 5.74) is 1.48. The highest BCUT2D eigenvalue weighted by molar-refractivity contribution is 7.15. The summed E-state index contributed by atoms with van der Waals surface area (Å²) in [6.07, 6.45) is 7.08. The van der Waals surface area contributed by atoms with Crippen LogP contribution < -0.4 is 5.32 Å². The number of nitrogens with one attached hydrogen (secondary N) is 1. The molecular weight excluding hydrogens is 282 g/mol. The van der Waals surface area contributed by atoms with E-state index in [0.717, 1.165) is 24.3 Å². The van der Waals surface area contributed by atoms with Crippen LogP contribution in [0, 0.1) is 0 Å². The van der Waals surface area contributed by atoms with Crippen LogP contribution >= 0.6 is 11.3 Å². The van der Waals surface area contributed by atoms with Gasteiger partial charge in [-0.1, -0.05) is 13.8 Å². The summed E-state index contributed by atoms with van der Waals surface area (Å²) in [6, 6.07) is 2.41. The van der Waals surface area contributed by atoms with Gasteiger partial charge in [0, 0.05) is 4.88 Å². The SMILES string of the molecule is CCCNC(CC)c1nnc(-c2cc3c(s2)CCCC3)o1. The summed E-state index contributed by atoms with van der Waals surface area (Å²) in [5.74, 6) is 1.40. The van der Waals surface area contributed by atoms with Crippen LogP contribution in [0.15, 0.2) is 10.5 Å². The van der Waals surface area contributed by atoms with Gasteiger partial charge in [-0.25, -0.2) is 0 Å². The van der Waals surface area contributed by atoms with E-state index in [0.29, 0.717) is 11.8 Å². The summed E-state index contributed by atoms with van der Waals surface area (Å²) >= 11 is 1.82. The second-order valence-electron chi connectivity index (χ2n) is 5.63. The smallest absolute Gasteiger partial charge is 0.257 e. The lowest BCUT2D eigenvalue weighted by atomic mass is 9.99. The fourth-order valence-corrected chi connectivity index (χ4v) is 3.97. The van der Waals surface area contributed by atoms with E-state index in [4.69, 9.17) is 4.42 Å². The molecule has 1 unspecified atom stereocenters. The van der Waals surface area contributed by atoms with Gasteiger partial charge in [-0.15, -0.1) is 21.5 Å². The van der Waals surface area contributed by atoms with Crippen molar-refractivity contribution in [2.75, 3.05) is 6.54 Å². The molecule has 1 aliphatic rings. The highest BCUT2D eigenvalue weighted by Crippen LogP contribution is 2.35. The van der Waals surface area contributed by atoms with Crippen molar-refractivity contribution in [1.82, 2.24) is 15.5 Å². The van der Waals surface area contributed by atoms with Crippen molar-refractivity contribution < 1.29 is 4.42 Å². The van der Waals surface area contributed by atoms with Crippen LogP contribution in [0.2, 0.25) is 0 Å². The van der Waals surface area contributed by atoms with Gasteiger partial charge in [-0.2, -0.15) is 0 Å². The summed E-state index contributed by atoms with van der Waals surface area (Å²) in [6.45, 7) is 5.28. The fourth-order valence-electron chi connectivity index (χ4n) is 2.80. The third-order valence-corrected chi connectivity index (χ3v) is 5.22. The van der Waals surface area contributed by atoms with E-state index in [2.05, 4.69) is 35.4 Å². The zero-order chi connectivity index (χ0) is 14.7. The first-order chi connectivity index (χ1) is 10.3. The minimum absolute atomic E-state index is 0.167. The maximum Gasteiger partial charge on any atom is 0.257 e. The van der Waals surface area contributed by atoms with E-state index in [1.807, 2.05) is 11.3 Å². The summed E-state index contributed by atoms with van der Waals surface area (Å²) in [5, 5.41) is 12.0. The van der Waals surface area contributed by atoms with Gasteiger partial charge in [0.05, 0.1) is 10.9 Å². The third kappa shape index (κ3) is 3.19. The lowest BCUT2D eigenvalue weighted by Crippen LogP contribution is -2.21. The second kappa shape index (κ2) is 6.71. The first-order valence-corrected chi connectivity index (χ1v) is 8.82. The van der Waals surface area contributed by atoms with Crippen LogP contribution in [0.25, 0.3) is 10.8 Å². The van der Waals surface area contributed by atoms with E-state index >= 15 is 0 Å². The van der Waals surface area contributed by atoms with E-state index in [9.17, 15) is 0 Å². The molecule has 5 heteroatoms. The number of rotatable bonds is 6. The van der Waals surface area contributed by atoms with Gasteiger partial charge in [-0.3, -0.25) is 0 Å². The molecule has 0 fully saturated rings. The van der Waals surface area contributed by atoms with E-state index in [-0.39, 0.29) is 6.04 Å². The Hall–Kier alpha value is -1.20. The lowest BCUT2D eigenvalue weighted by Gasteiger charge is -2.11. The standard InChI is InChI=1S/C16H23N3OS/c1-3-9-17-12(4-2)15-18-19-16(20-15)14-10-11-7-5-6-8-13(11)21-14/h10,12,17H,3-9H2,1-2H3. The Bertz CT molecular complexity index is 567. The first-order valence-electron chi connectivity index (χ1n) is 8.00. The summed E-state index contributed by atoms with van der Waals surface area (Å²) < 4.78 is 5.92. The van der Waals surface area contributed by atoms with Gasteiger partial charge in [0.15, 0.2) is 0 Å². The Balaban J connectivity index is 1.79. The Morgan fingerprint density at radius 2 is 2.14 bits per heavy atom. The molecule has 1 N–H and O–H groups in total. The van der Waals surface area contributed by atoms with Crippen molar-refractivity contribution in [3.63, 3.8) is 0 Å². The van der Waals surface area contributed by atoms with Crippen LogP contribution in [0.3, 0.4) is 0 Å². The average molecular weight is 305 g/mol. The normalized spacial score (nSPS) is 15.9. The molecule has 3 rings (SSSR count). The number of thiophene rings is 1. The van der Waals surface area contributed by atoms with Gasteiger partial charge in [0.2, 0.25) is 5.89 Å². The maximum atomic E-state index is 5.92. The number of aryl methyl sites for hydroxylation is 2. The van der Waals surface area contributed by atoms with Gasteiger partial charge < -0.3 is 9.73 Å². The molecular formula is C16H23N3OS. The molecule has 0 radical (unpaired) electrons. The quantitative estimate of drug-likeness (QED) is 0.872. The first kappa shape index (κ1) is 14.7. The number of hydrogen-bond acceptors (Lipinski definition) is 5. The van der Waals surface area contributed by atoms with Crippen molar-refractivity contribution in [2.24, 2.45) is 0 Å². The van der Waals surface area contributed by atoms with Crippen LogP contribution in [0.1, 0.15) is 61.9 Å². The molecule has 0 bridgehead atoms. The van der Waals surface area contributed by atoms with Crippen molar-refractivity contribution >= 4 is 11.3 Å². The fraction of sp³-hybridized carbons (Fsp3) is 0.625. The molecule has 2 aromatic rings. The van der Waals surface area contributed by atoms with Crippen molar-refractivity contribution in [3.05, 3.63) is 22.4 Å². The zero-order valence-electron chi connectivity index (χ0n) is 12.8. The molecule has 1 atom stereocenters. The number of nitrogens with zero attached hydrogens (tertiary/aromatic N) is 2. The molecule has 0 saturated heterocycles. The summed E-state index contributed by atoms with van der Waals surface area (Å²) in [4.78, 5) is 2.64. The third-order valence-electron chi connectivity index (χ3n) is 4.00. The van der Waals surface area contributed by atoms with Gasteiger partial charge >= 0.3 is 0 Å². The van der Waals surface area contributed by atoms with E-state index in [1.54, 1.807) is 0 Å². The molecule has 0 spiro atoms. The van der Waals surface area contributed by atoms with Gasteiger partial charge in [-0.05, 0) is 56.7 Å². The monoisotopic (exact) mass is 305 g/mol. The molecule has 4 nitrogen and oxygen atoms in total. The molecule has 0 saturated carbocycles. The maximum absolute atomic E-state index is 5.92. The Morgan fingerprint density at radius 3 is 2.90 bits per heavy atom. The van der Waals surface area contributed by atoms with Crippen LogP contribution in [-0.4, -0.2) is 16.7 Å². The highest BCUT2D eigenvalue weighted by Gasteiger charge is 2.20. The summed E-state index contributed by atoms with van der Waals surface area (Å²) in [7, 11) is 0. The molecule has 1 aliphatic carbocycles. The molecule has 0 amide bonds. The van der Waals surface area contributed by atoms with Gasteiger partial charge in [0.1, 0.15) is 0 Å². The van der Waals surface area contributed by atoms with Gasteiger partial charge in [0.25, 0.3) is 5.89 Å². The number of hydrogen-bond donors (Lipinski definition) is 1. The van der Waals surface area contributed by atoms with E-state index < -0.39 is 0 Å². The largest absolute Gasteiger partial charge is 0.418 e. The van der Waals surface area contributed by atoms with Crippen LogP contribution in [0.5, 0.6) is 0 Å². The van der Waals surface area contributed by atoms with Crippen molar-refractivity contribution in [1.29, 1.82) is 0 Å². The molecule has 0 aliphatic heterocycles. The minimum Gasteiger partial charge on any atom is -0.418 e. The predicted molar refractivity (Wildman–Crippen MR) is 85.6 cm³/mol. The van der Waals surface area contributed by atoms with Crippen LogP contribution in [0.4, 0.5) is 0 Å². The topological polar surface area (TPSA) is 51.0 Å². The van der Waals surface area contributed by atoms with Crippen molar-refractivity contribution in [3.8, 4) is 10.8 Å². The average Bonchev–Trinajstić information content (AvgIpc) is 3.14. The van der Waals surface area contributed by atoms with E-state index in [1.165, 1.54) is 36.1 Å². The number of fused-ring (bicyclic) bond motifs is 1.